The number of carbonyl (C=O) groups is 1. The second kappa shape index (κ2) is 11.4. The summed E-state index contributed by atoms with van der Waals surface area (Å²) in [4.78, 5) is 17.7. The summed E-state index contributed by atoms with van der Waals surface area (Å²) in [6, 6.07) is 11.7. The molecule has 0 bridgehead atoms. The minimum absolute atomic E-state index is 0.141. The Morgan fingerprint density at radius 2 is 2.09 bits per heavy atom. The lowest BCUT2D eigenvalue weighted by molar-refractivity contribution is -0.119. The first-order chi connectivity index (χ1) is 17.0. The molecular formula is C26H26ClFN4O3. The number of hydrogen-bond acceptors (Lipinski definition) is 5. The van der Waals surface area contributed by atoms with Gasteiger partial charge in [0.05, 0.1) is 12.6 Å². The molecule has 2 heterocycles. The first kappa shape index (κ1) is 24.8. The van der Waals surface area contributed by atoms with Gasteiger partial charge in [-0.3, -0.25) is 14.9 Å². The summed E-state index contributed by atoms with van der Waals surface area (Å²) >= 11 is 5.94. The highest BCUT2D eigenvalue weighted by Crippen LogP contribution is 2.32. The number of aliphatic hydroxyl groups excluding tert-OH is 1. The molecule has 4 rings (SSSR count). The van der Waals surface area contributed by atoms with Gasteiger partial charge in [-0.2, -0.15) is 5.10 Å². The summed E-state index contributed by atoms with van der Waals surface area (Å²) < 4.78 is 20.8. The van der Waals surface area contributed by atoms with Gasteiger partial charge in [0.1, 0.15) is 17.5 Å². The highest BCUT2D eigenvalue weighted by molar-refractivity contribution is 6.30. The zero-order chi connectivity index (χ0) is 24.8. The van der Waals surface area contributed by atoms with Crippen LogP contribution in [0.1, 0.15) is 24.2 Å². The van der Waals surface area contributed by atoms with E-state index in [-0.39, 0.29) is 23.9 Å². The van der Waals surface area contributed by atoms with E-state index in [0.29, 0.717) is 41.0 Å². The lowest BCUT2D eigenvalue weighted by Crippen LogP contribution is -2.48. The van der Waals surface area contributed by atoms with Crippen LogP contribution < -0.4 is 5.32 Å². The molecule has 35 heavy (non-hydrogen) atoms. The van der Waals surface area contributed by atoms with Gasteiger partial charge in [0.15, 0.2) is 5.82 Å². The van der Waals surface area contributed by atoms with Crippen molar-refractivity contribution in [3.05, 3.63) is 88.6 Å². The number of pyridine rings is 1. The van der Waals surface area contributed by atoms with Crippen LogP contribution in [0.15, 0.2) is 66.4 Å². The third-order valence-electron chi connectivity index (χ3n) is 5.94. The fourth-order valence-corrected chi connectivity index (χ4v) is 4.21. The summed E-state index contributed by atoms with van der Waals surface area (Å²) in [5, 5.41) is 20.2. The number of aromatic nitrogens is 3. The number of hydrogen-bond donors (Lipinski definition) is 3. The summed E-state index contributed by atoms with van der Waals surface area (Å²) in [5.74, 6) is -0.905. The average molecular weight is 497 g/mol. The Morgan fingerprint density at radius 1 is 1.29 bits per heavy atom. The number of aromatic amines is 1. The van der Waals surface area contributed by atoms with Crippen LogP contribution in [-0.2, 0) is 16.0 Å². The number of benzene rings is 1. The number of carbonyl (C=O) groups excluding carboxylic acids is 1. The molecule has 1 aliphatic carbocycles. The van der Waals surface area contributed by atoms with Gasteiger partial charge < -0.3 is 15.2 Å². The summed E-state index contributed by atoms with van der Waals surface area (Å²) in [6.07, 6.45) is 6.10. The van der Waals surface area contributed by atoms with E-state index in [4.69, 9.17) is 16.3 Å². The number of nitrogens with one attached hydrogen (secondary N) is 2. The molecule has 0 fully saturated rings. The molecule has 3 aromatic rings. The maximum atomic E-state index is 15.4. The van der Waals surface area contributed by atoms with Gasteiger partial charge in [-0.15, -0.1) is 0 Å². The van der Waals surface area contributed by atoms with Crippen LogP contribution in [0.2, 0.25) is 5.02 Å². The number of halogens is 2. The molecule has 0 unspecified atom stereocenters. The number of methoxy groups -OCH3 is 1. The van der Waals surface area contributed by atoms with E-state index in [1.165, 1.54) is 7.11 Å². The average Bonchev–Trinajstić information content (AvgIpc) is 3.26. The first-order valence-electron chi connectivity index (χ1n) is 11.3. The molecule has 0 saturated carbocycles. The predicted octanol–water partition coefficient (Wildman–Crippen LogP) is 4.10. The number of amides is 1. The molecule has 3 N–H and O–H groups in total. The van der Waals surface area contributed by atoms with Gasteiger partial charge in [0.25, 0.3) is 0 Å². The lowest BCUT2D eigenvalue weighted by Gasteiger charge is -2.27. The molecule has 7 nitrogen and oxygen atoms in total. The molecule has 182 valence electrons. The SMILES string of the molecule is CO[C@H](CO)[C@@H](Cc1ccccn1)NC(=O)C1=C(c2[nH]nc(-c3ccc(Cl)cc3)c2F)C=CCC1. The van der Waals surface area contributed by atoms with Gasteiger partial charge in [-0.25, -0.2) is 4.39 Å². The number of aliphatic hydroxyl groups is 1. The van der Waals surface area contributed by atoms with E-state index < -0.39 is 18.0 Å². The molecule has 0 spiro atoms. The van der Waals surface area contributed by atoms with Gasteiger partial charge in [-0.1, -0.05) is 42.0 Å². The molecule has 2 aromatic heterocycles. The molecule has 1 aliphatic rings. The third kappa shape index (κ3) is 5.67. The van der Waals surface area contributed by atoms with Crippen LogP contribution in [0, 0.1) is 5.82 Å². The smallest absolute Gasteiger partial charge is 0.248 e. The molecule has 0 aliphatic heterocycles. The highest BCUT2D eigenvalue weighted by atomic mass is 35.5. The number of allylic oxidation sites excluding steroid dienone is 3. The number of H-pyrrole nitrogens is 1. The Kier molecular flexibility index (Phi) is 8.07. The van der Waals surface area contributed by atoms with E-state index in [2.05, 4.69) is 20.5 Å². The summed E-state index contributed by atoms with van der Waals surface area (Å²) in [6.45, 7) is -0.278. The van der Waals surface area contributed by atoms with Crippen LogP contribution in [0.4, 0.5) is 4.39 Å². The quantitative estimate of drug-likeness (QED) is 0.414. The van der Waals surface area contributed by atoms with E-state index in [1.807, 2.05) is 18.2 Å². The highest BCUT2D eigenvalue weighted by Gasteiger charge is 2.28. The molecule has 0 radical (unpaired) electrons. The topological polar surface area (TPSA) is 100 Å². The van der Waals surface area contributed by atoms with Crippen molar-refractivity contribution >= 4 is 23.1 Å². The van der Waals surface area contributed by atoms with Crippen LogP contribution in [0.3, 0.4) is 0 Å². The second-order valence-corrected chi connectivity index (χ2v) is 8.60. The molecule has 9 heteroatoms. The normalized spacial score (nSPS) is 15.2. The summed E-state index contributed by atoms with van der Waals surface area (Å²) in [7, 11) is 1.48. The Hall–Kier alpha value is -3.33. The fourth-order valence-electron chi connectivity index (χ4n) is 4.08. The first-order valence-corrected chi connectivity index (χ1v) is 11.6. The van der Waals surface area contributed by atoms with Gasteiger partial charge >= 0.3 is 0 Å². The maximum absolute atomic E-state index is 15.4. The third-order valence-corrected chi connectivity index (χ3v) is 6.19. The van der Waals surface area contributed by atoms with Crippen LogP contribution in [-0.4, -0.2) is 52.1 Å². The van der Waals surface area contributed by atoms with E-state index in [1.54, 1.807) is 42.6 Å². The second-order valence-electron chi connectivity index (χ2n) is 8.16. The number of nitrogens with zero attached hydrogens (tertiary/aromatic N) is 2. The minimum atomic E-state index is -0.635. The van der Waals surface area contributed by atoms with Crippen LogP contribution >= 0.6 is 11.6 Å². The van der Waals surface area contributed by atoms with Crippen molar-refractivity contribution in [3.63, 3.8) is 0 Å². The van der Waals surface area contributed by atoms with Gasteiger partial charge in [0.2, 0.25) is 5.91 Å². The Morgan fingerprint density at radius 3 is 2.77 bits per heavy atom. The lowest BCUT2D eigenvalue weighted by atomic mass is 9.93. The van der Waals surface area contributed by atoms with Crippen molar-refractivity contribution in [3.8, 4) is 11.3 Å². The predicted molar refractivity (Wildman–Crippen MR) is 132 cm³/mol. The van der Waals surface area contributed by atoms with Crippen molar-refractivity contribution in [1.82, 2.24) is 20.5 Å². The molecule has 2 atom stereocenters. The molecule has 1 amide bonds. The van der Waals surface area contributed by atoms with Crippen LogP contribution in [0.25, 0.3) is 16.8 Å². The maximum Gasteiger partial charge on any atom is 0.248 e. The monoisotopic (exact) mass is 496 g/mol. The summed E-state index contributed by atoms with van der Waals surface area (Å²) in [5.41, 5.74) is 2.48. The zero-order valence-electron chi connectivity index (χ0n) is 19.2. The minimum Gasteiger partial charge on any atom is -0.394 e. The molecule has 1 aromatic carbocycles. The number of rotatable bonds is 9. The Labute approximate surface area is 207 Å². The fraction of sp³-hybridized carbons (Fsp3) is 0.269. The van der Waals surface area contributed by atoms with Gasteiger partial charge in [-0.05, 0) is 37.1 Å². The standard InChI is InChI=1S/C26H26ClFN4O3/c1-35-22(15-33)21(14-18-6-4-5-13-29-18)30-26(34)20-8-3-2-7-19(20)25-23(28)24(31-32-25)16-9-11-17(27)12-10-16/h2,4-7,9-13,21-22,33H,3,8,14-15H2,1H3,(H,30,34)(H,31,32)/t21-,22-/m1/s1. The zero-order valence-corrected chi connectivity index (χ0v) is 19.9. The van der Waals surface area contributed by atoms with Crippen molar-refractivity contribution in [2.45, 2.75) is 31.4 Å². The van der Waals surface area contributed by atoms with Gasteiger partial charge in [0, 0.05) is 47.2 Å². The van der Waals surface area contributed by atoms with E-state index >= 15 is 4.39 Å². The Bertz CT molecular complexity index is 1220. The van der Waals surface area contributed by atoms with Crippen LogP contribution in [0.5, 0.6) is 0 Å². The van der Waals surface area contributed by atoms with Crippen molar-refractivity contribution in [2.24, 2.45) is 0 Å². The molecular weight excluding hydrogens is 471 g/mol. The largest absolute Gasteiger partial charge is 0.394 e. The van der Waals surface area contributed by atoms with Crippen molar-refractivity contribution < 1.29 is 19.0 Å². The van der Waals surface area contributed by atoms with Crippen molar-refractivity contribution in [1.29, 1.82) is 0 Å². The van der Waals surface area contributed by atoms with E-state index in [0.717, 1.165) is 5.69 Å². The Balaban J connectivity index is 1.64. The van der Waals surface area contributed by atoms with E-state index in [9.17, 15) is 9.90 Å². The van der Waals surface area contributed by atoms with Crippen molar-refractivity contribution in [2.75, 3.05) is 13.7 Å². The molecule has 0 saturated heterocycles. The number of ether oxygens (including phenoxy) is 1.